The average Bonchev–Trinajstić information content (AvgIpc) is 2.36. The summed E-state index contributed by atoms with van der Waals surface area (Å²) in [6.45, 7) is 8.55. The van der Waals surface area contributed by atoms with Crippen LogP contribution in [0.5, 0.6) is 0 Å². The lowest BCUT2D eigenvalue weighted by Gasteiger charge is -2.31. The van der Waals surface area contributed by atoms with E-state index in [9.17, 15) is 9.59 Å². The Kier molecular flexibility index (Phi) is 8.76. The van der Waals surface area contributed by atoms with E-state index in [2.05, 4.69) is 10.6 Å². The van der Waals surface area contributed by atoms with E-state index < -0.39 is 0 Å². The van der Waals surface area contributed by atoms with Gasteiger partial charge in [0.2, 0.25) is 11.8 Å². The van der Waals surface area contributed by atoms with E-state index in [1.54, 1.807) is 11.8 Å². The number of carbonyl (C=O) groups excluding carboxylic acids is 2. The highest BCUT2D eigenvalue weighted by Crippen LogP contribution is 2.16. The van der Waals surface area contributed by atoms with E-state index in [0.29, 0.717) is 13.1 Å². The maximum atomic E-state index is 12.0. The number of likely N-dealkylation sites (N-methyl/N-ethyl adjacent to an activating group) is 1. The summed E-state index contributed by atoms with van der Waals surface area (Å²) >= 11 is 0. The first kappa shape index (κ1) is 18.2. The zero-order chi connectivity index (χ0) is 13.5. The van der Waals surface area contributed by atoms with Gasteiger partial charge in [-0.05, 0) is 26.3 Å². The highest BCUT2D eigenvalue weighted by molar-refractivity contribution is 5.85. The van der Waals surface area contributed by atoms with Crippen molar-refractivity contribution in [3.05, 3.63) is 0 Å². The average molecular weight is 292 g/mol. The Bertz CT molecular complexity index is 300. The molecular formula is C13H26ClN3O2. The first-order valence-corrected chi connectivity index (χ1v) is 6.81. The normalized spacial score (nSPS) is 20.4. The molecule has 1 fully saturated rings. The number of hydrogen-bond donors (Lipinski definition) is 2. The van der Waals surface area contributed by atoms with Crippen LogP contribution in [0, 0.1) is 5.92 Å². The lowest BCUT2D eigenvalue weighted by molar-refractivity contribution is -0.134. The van der Waals surface area contributed by atoms with Crippen LogP contribution in [0.3, 0.4) is 0 Å². The summed E-state index contributed by atoms with van der Waals surface area (Å²) in [6, 6.07) is 0.284. The standard InChI is InChI=1S/C13H25N3O2.ClH/c1-4-14-10(2)8-15-13(18)12-6-5-7-16(9-12)11(3)17;/h10,12,14H,4-9H2,1-3H3,(H,15,18);1H/t10-,12?;/m1./s1. The van der Waals surface area contributed by atoms with Crippen LogP contribution in [0.1, 0.15) is 33.6 Å². The van der Waals surface area contributed by atoms with Crippen molar-refractivity contribution in [2.24, 2.45) is 5.92 Å². The van der Waals surface area contributed by atoms with Crippen molar-refractivity contribution in [1.29, 1.82) is 0 Å². The van der Waals surface area contributed by atoms with E-state index in [1.807, 2.05) is 13.8 Å². The summed E-state index contributed by atoms with van der Waals surface area (Å²) in [7, 11) is 0. The fourth-order valence-corrected chi connectivity index (χ4v) is 2.30. The quantitative estimate of drug-likeness (QED) is 0.787. The Labute approximate surface area is 121 Å². The fourth-order valence-electron chi connectivity index (χ4n) is 2.30. The third kappa shape index (κ3) is 6.25. The molecule has 2 N–H and O–H groups in total. The number of rotatable bonds is 5. The lowest BCUT2D eigenvalue weighted by Crippen LogP contribution is -2.47. The van der Waals surface area contributed by atoms with Crippen LogP contribution in [-0.4, -0.2) is 48.9 Å². The molecular weight excluding hydrogens is 266 g/mol. The highest BCUT2D eigenvalue weighted by Gasteiger charge is 2.26. The molecule has 1 unspecified atom stereocenters. The smallest absolute Gasteiger partial charge is 0.224 e. The highest BCUT2D eigenvalue weighted by atomic mass is 35.5. The zero-order valence-corrected chi connectivity index (χ0v) is 12.9. The van der Waals surface area contributed by atoms with Gasteiger partial charge in [-0.1, -0.05) is 6.92 Å². The zero-order valence-electron chi connectivity index (χ0n) is 12.1. The number of nitrogens with zero attached hydrogens (tertiary/aromatic N) is 1. The topological polar surface area (TPSA) is 61.4 Å². The minimum absolute atomic E-state index is 0. The molecule has 5 nitrogen and oxygen atoms in total. The molecule has 2 amide bonds. The second-order valence-electron chi connectivity index (χ2n) is 5.01. The van der Waals surface area contributed by atoms with Gasteiger partial charge in [-0.25, -0.2) is 0 Å². The maximum Gasteiger partial charge on any atom is 0.224 e. The number of halogens is 1. The number of likely N-dealkylation sites (tertiary alicyclic amines) is 1. The van der Waals surface area contributed by atoms with Crippen LogP contribution in [0.2, 0.25) is 0 Å². The summed E-state index contributed by atoms with van der Waals surface area (Å²) in [5.74, 6) is 0.0932. The van der Waals surface area contributed by atoms with Crippen LogP contribution in [0.25, 0.3) is 0 Å². The van der Waals surface area contributed by atoms with Gasteiger partial charge in [-0.2, -0.15) is 0 Å². The van der Waals surface area contributed by atoms with Gasteiger partial charge >= 0.3 is 0 Å². The Balaban J connectivity index is 0.00000324. The van der Waals surface area contributed by atoms with Crippen molar-refractivity contribution in [1.82, 2.24) is 15.5 Å². The molecule has 0 aliphatic carbocycles. The Morgan fingerprint density at radius 3 is 2.68 bits per heavy atom. The van der Waals surface area contributed by atoms with Crippen molar-refractivity contribution in [2.75, 3.05) is 26.2 Å². The van der Waals surface area contributed by atoms with Crippen molar-refractivity contribution in [3.8, 4) is 0 Å². The van der Waals surface area contributed by atoms with Crippen LogP contribution in [0.4, 0.5) is 0 Å². The number of carbonyl (C=O) groups is 2. The lowest BCUT2D eigenvalue weighted by atomic mass is 9.97. The molecule has 1 aliphatic heterocycles. The first-order chi connectivity index (χ1) is 8.54. The van der Waals surface area contributed by atoms with Crippen molar-refractivity contribution >= 4 is 24.2 Å². The predicted molar refractivity (Wildman–Crippen MR) is 78.4 cm³/mol. The van der Waals surface area contributed by atoms with Gasteiger partial charge in [0, 0.05) is 32.6 Å². The van der Waals surface area contributed by atoms with Crippen LogP contribution < -0.4 is 10.6 Å². The van der Waals surface area contributed by atoms with E-state index in [-0.39, 0.29) is 36.2 Å². The number of hydrogen-bond acceptors (Lipinski definition) is 3. The maximum absolute atomic E-state index is 12.0. The fraction of sp³-hybridized carbons (Fsp3) is 0.846. The van der Waals surface area contributed by atoms with Crippen LogP contribution in [0.15, 0.2) is 0 Å². The van der Waals surface area contributed by atoms with E-state index >= 15 is 0 Å². The molecule has 0 spiro atoms. The van der Waals surface area contributed by atoms with Crippen molar-refractivity contribution in [3.63, 3.8) is 0 Å². The molecule has 0 aromatic carbocycles. The van der Waals surface area contributed by atoms with Gasteiger partial charge < -0.3 is 15.5 Å². The number of piperidine rings is 1. The minimum atomic E-state index is -0.0449. The third-order valence-electron chi connectivity index (χ3n) is 3.37. The minimum Gasteiger partial charge on any atom is -0.354 e. The molecule has 1 rings (SSSR count). The van der Waals surface area contributed by atoms with Crippen molar-refractivity contribution < 1.29 is 9.59 Å². The molecule has 19 heavy (non-hydrogen) atoms. The summed E-state index contributed by atoms with van der Waals surface area (Å²) < 4.78 is 0. The molecule has 0 aromatic rings. The number of nitrogens with one attached hydrogen (secondary N) is 2. The summed E-state index contributed by atoms with van der Waals surface area (Å²) in [5, 5.41) is 6.21. The molecule has 0 bridgehead atoms. The molecule has 0 radical (unpaired) electrons. The summed E-state index contributed by atoms with van der Waals surface area (Å²) in [5.41, 5.74) is 0. The van der Waals surface area contributed by atoms with Gasteiger partial charge in [0.05, 0.1) is 5.92 Å². The van der Waals surface area contributed by atoms with E-state index in [0.717, 1.165) is 25.9 Å². The van der Waals surface area contributed by atoms with Crippen LogP contribution in [-0.2, 0) is 9.59 Å². The Hall–Kier alpha value is -0.810. The van der Waals surface area contributed by atoms with Gasteiger partial charge in [0.15, 0.2) is 0 Å². The van der Waals surface area contributed by atoms with Gasteiger partial charge in [0.1, 0.15) is 0 Å². The monoisotopic (exact) mass is 291 g/mol. The molecule has 0 saturated carbocycles. The van der Waals surface area contributed by atoms with E-state index in [4.69, 9.17) is 0 Å². The van der Waals surface area contributed by atoms with Crippen molar-refractivity contribution in [2.45, 2.75) is 39.7 Å². The van der Waals surface area contributed by atoms with Gasteiger partial charge in [0.25, 0.3) is 0 Å². The second kappa shape index (κ2) is 9.15. The summed E-state index contributed by atoms with van der Waals surface area (Å²) in [6.07, 6.45) is 1.80. The number of amides is 2. The Morgan fingerprint density at radius 1 is 1.42 bits per heavy atom. The summed E-state index contributed by atoms with van der Waals surface area (Å²) in [4.78, 5) is 25.1. The molecule has 1 aliphatic rings. The molecule has 1 saturated heterocycles. The van der Waals surface area contributed by atoms with Gasteiger partial charge in [-0.3, -0.25) is 9.59 Å². The van der Waals surface area contributed by atoms with Gasteiger partial charge in [-0.15, -0.1) is 12.4 Å². The molecule has 6 heteroatoms. The molecule has 0 aromatic heterocycles. The third-order valence-corrected chi connectivity index (χ3v) is 3.37. The second-order valence-corrected chi connectivity index (χ2v) is 5.01. The largest absolute Gasteiger partial charge is 0.354 e. The van der Waals surface area contributed by atoms with E-state index in [1.165, 1.54) is 0 Å². The molecule has 2 atom stereocenters. The van der Waals surface area contributed by atoms with Crippen LogP contribution >= 0.6 is 12.4 Å². The SMILES string of the molecule is CCN[C@H](C)CNC(=O)C1CCCN(C(C)=O)C1.Cl. The first-order valence-electron chi connectivity index (χ1n) is 6.81. The molecule has 112 valence electrons. The Morgan fingerprint density at radius 2 is 2.11 bits per heavy atom. The predicted octanol–water partition coefficient (Wildman–Crippen LogP) is 0.781. The molecule has 1 heterocycles.